The van der Waals surface area contributed by atoms with E-state index in [-0.39, 0.29) is 5.91 Å². The maximum Gasteiger partial charge on any atom is 0.224 e. The number of nitrogens with zero attached hydrogens (tertiary/aromatic N) is 2. The van der Waals surface area contributed by atoms with Crippen LogP contribution >= 0.6 is 0 Å². The molecule has 0 bridgehead atoms. The molecule has 0 aliphatic carbocycles. The second kappa shape index (κ2) is 7.07. The number of carbonyl (C=O) groups excluding carboxylic acids is 1. The zero-order chi connectivity index (χ0) is 15.4. The molecule has 2 heterocycles. The first-order chi connectivity index (χ1) is 9.95. The van der Waals surface area contributed by atoms with Crippen LogP contribution in [0.5, 0.6) is 0 Å². The van der Waals surface area contributed by atoms with E-state index in [1.807, 2.05) is 13.8 Å². The van der Waals surface area contributed by atoms with Gasteiger partial charge in [-0.15, -0.1) is 0 Å². The lowest BCUT2D eigenvalue weighted by Crippen LogP contribution is -2.32. The van der Waals surface area contributed by atoms with Crippen molar-refractivity contribution in [1.82, 2.24) is 20.4 Å². The average Bonchev–Trinajstić information content (AvgIpc) is 2.97. The molecule has 5 nitrogen and oxygen atoms in total. The maximum absolute atomic E-state index is 12.1. The van der Waals surface area contributed by atoms with Gasteiger partial charge in [-0.3, -0.25) is 9.89 Å². The summed E-state index contributed by atoms with van der Waals surface area (Å²) >= 11 is 0. The van der Waals surface area contributed by atoms with Crippen molar-refractivity contribution < 1.29 is 4.79 Å². The lowest BCUT2D eigenvalue weighted by atomic mass is 10.1. The molecule has 5 heteroatoms. The van der Waals surface area contributed by atoms with Crippen LogP contribution in [0.15, 0.2) is 0 Å². The van der Waals surface area contributed by atoms with Gasteiger partial charge >= 0.3 is 0 Å². The molecule has 2 N–H and O–H groups in total. The first kappa shape index (κ1) is 16.0. The lowest BCUT2D eigenvalue weighted by molar-refractivity contribution is -0.120. The van der Waals surface area contributed by atoms with Crippen LogP contribution in [-0.2, 0) is 11.2 Å². The zero-order valence-corrected chi connectivity index (χ0v) is 13.7. The van der Waals surface area contributed by atoms with Crippen LogP contribution in [-0.4, -0.2) is 47.2 Å². The Hall–Kier alpha value is -1.36. The van der Waals surface area contributed by atoms with Crippen molar-refractivity contribution in [2.75, 3.05) is 26.2 Å². The Labute approximate surface area is 127 Å². The number of hydrogen-bond acceptors (Lipinski definition) is 3. The summed E-state index contributed by atoms with van der Waals surface area (Å²) in [5.41, 5.74) is 2.94. The molecule has 1 amide bonds. The molecule has 0 unspecified atom stereocenters. The zero-order valence-electron chi connectivity index (χ0n) is 13.7. The normalized spacial score (nSPS) is 19.4. The van der Waals surface area contributed by atoms with Crippen molar-refractivity contribution in [3.05, 3.63) is 17.0 Å². The number of nitrogens with one attached hydrogen (secondary N) is 2. The molecule has 1 aliphatic rings. The summed E-state index contributed by atoms with van der Waals surface area (Å²) < 4.78 is 0. The summed E-state index contributed by atoms with van der Waals surface area (Å²) in [6.07, 6.45) is 1.62. The highest BCUT2D eigenvalue weighted by Crippen LogP contribution is 2.17. The number of carbonyl (C=O) groups is 1. The molecule has 21 heavy (non-hydrogen) atoms. The number of amides is 1. The fourth-order valence-corrected chi connectivity index (χ4v) is 3.08. The standard InChI is InChI=1S/C16H28N4O/c1-11(2)9-20-6-5-14(10-20)8-17-16(21)7-15-12(3)18-19-13(15)4/h11,14H,5-10H2,1-4H3,(H,17,21)(H,18,19)/t14-/m0/s1. The fraction of sp³-hybridized carbons (Fsp3) is 0.750. The van der Waals surface area contributed by atoms with Crippen molar-refractivity contribution in [2.45, 2.75) is 40.5 Å². The van der Waals surface area contributed by atoms with E-state index in [9.17, 15) is 4.79 Å². The highest BCUT2D eigenvalue weighted by Gasteiger charge is 2.23. The number of rotatable bonds is 6. The van der Waals surface area contributed by atoms with Gasteiger partial charge < -0.3 is 10.2 Å². The van der Waals surface area contributed by atoms with Crippen LogP contribution in [0, 0.1) is 25.7 Å². The van der Waals surface area contributed by atoms with E-state index in [1.165, 1.54) is 13.0 Å². The van der Waals surface area contributed by atoms with Crippen LogP contribution < -0.4 is 5.32 Å². The quantitative estimate of drug-likeness (QED) is 0.838. The smallest absolute Gasteiger partial charge is 0.224 e. The van der Waals surface area contributed by atoms with Gasteiger partial charge in [0.1, 0.15) is 0 Å². The van der Waals surface area contributed by atoms with E-state index in [0.717, 1.165) is 36.6 Å². The number of aromatic amines is 1. The summed E-state index contributed by atoms with van der Waals surface area (Å²) in [5.74, 6) is 1.41. The first-order valence-corrected chi connectivity index (χ1v) is 7.95. The summed E-state index contributed by atoms with van der Waals surface area (Å²) in [6, 6.07) is 0. The summed E-state index contributed by atoms with van der Waals surface area (Å²) in [6.45, 7) is 12.6. The Kier molecular flexibility index (Phi) is 5.39. The molecule has 0 aromatic carbocycles. The third kappa shape index (κ3) is 4.56. The van der Waals surface area contributed by atoms with Gasteiger partial charge in [-0.2, -0.15) is 5.10 Å². The Morgan fingerprint density at radius 1 is 1.48 bits per heavy atom. The third-order valence-electron chi connectivity index (χ3n) is 4.20. The van der Waals surface area contributed by atoms with Gasteiger partial charge in [0.15, 0.2) is 0 Å². The molecule has 1 aliphatic heterocycles. The lowest BCUT2D eigenvalue weighted by Gasteiger charge is -2.18. The van der Waals surface area contributed by atoms with Gasteiger partial charge in [-0.25, -0.2) is 0 Å². The number of aromatic nitrogens is 2. The minimum absolute atomic E-state index is 0.102. The topological polar surface area (TPSA) is 61.0 Å². The SMILES string of the molecule is Cc1n[nH]c(C)c1CC(=O)NC[C@@H]1CCN(CC(C)C)C1. The van der Waals surface area contributed by atoms with E-state index < -0.39 is 0 Å². The van der Waals surface area contributed by atoms with Crippen LogP contribution in [0.4, 0.5) is 0 Å². The second-order valence-electron chi connectivity index (χ2n) is 6.70. The van der Waals surface area contributed by atoms with Gasteiger partial charge in [-0.05, 0) is 38.6 Å². The minimum atomic E-state index is 0.102. The van der Waals surface area contributed by atoms with Crippen LogP contribution in [0.3, 0.4) is 0 Å². The Morgan fingerprint density at radius 2 is 2.24 bits per heavy atom. The second-order valence-corrected chi connectivity index (χ2v) is 6.70. The molecule has 0 radical (unpaired) electrons. The van der Waals surface area contributed by atoms with Crippen molar-refractivity contribution in [3.63, 3.8) is 0 Å². The average molecular weight is 292 g/mol. The van der Waals surface area contributed by atoms with E-state index in [0.29, 0.717) is 18.3 Å². The minimum Gasteiger partial charge on any atom is -0.355 e. The first-order valence-electron chi connectivity index (χ1n) is 7.95. The number of H-pyrrole nitrogens is 1. The molecule has 0 saturated carbocycles. The van der Waals surface area contributed by atoms with Gasteiger partial charge in [0.25, 0.3) is 0 Å². The predicted octanol–water partition coefficient (Wildman–Crippen LogP) is 1.66. The van der Waals surface area contributed by atoms with Gasteiger partial charge in [0, 0.05) is 30.9 Å². The molecular formula is C16H28N4O. The third-order valence-corrected chi connectivity index (χ3v) is 4.20. The highest BCUT2D eigenvalue weighted by molar-refractivity contribution is 5.79. The molecule has 2 rings (SSSR count). The summed E-state index contributed by atoms with van der Waals surface area (Å²) in [4.78, 5) is 14.6. The molecule has 118 valence electrons. The largest absolute Gasteiger partial charge is 0.355 e. The highest BCUT2D eigenvalue weighted by atomic mass is 16.1. The molecule has 1 fully saturated rings. The van der Waals surface area contributed by atoms with Crippen molar-refractivity contribution in [2.24, 2.45) is 11.8 Å². The molecule has 1 atom stereocenters. The van der Waals surface area contributed by atoms with E-state index in [1.54, 1.807) is 0 Å². The Balaban J connectivity index is 1.73. The number of hydrogen-bond donors (Lipinski definition) is 2. The number of aryl methyl sites for hydroxylation is 2. The van der Waals surface area contributed by atoms with Gasteiger partial charge in [0.05, 0.1) is 12.1 Å². The molecule has 1 aromatic heterocycles. The van der Waals surface area contributed by atoms with Crippen molar-refractivity contribution >= 4 is 5.91 Å². The van der Waals surface area contributed by atoms with E-state index in [4.69, 9.17) is 0 Å². The van der Waals surface area contributed by atoms with Crippen molar-refractivity contribution in [3.8, 4) is 0 Å². The predicted molar refractivity (Wildman–Crippen MR) is 84.2 cm³/mol. The van der Waals surface area contributed by atoms with Crippen LogP contribution in [0.25, 0.3) is 0 Å². The summed E-state index contributed by atoms with van der Waals surface area (Å²) in [7, 11) is 0. The maximum atomic E-state index is 12.1. The van der Waals surface area contributed by atoms with E-state index >= 15 is 0 Å². The van der Waals surface area contributed by atoms with E-state index in [2.05, 4.69) is 34.3 Å². The van der Waals surface area contributed by atoms with Gasteiger partial charge in [-0.1, -0.05) is 13.8 Å². The van der Waals surface area contributed by atoms with Gasteiger partial charge in [0.2, 0.25) is 5.91 Å². The monoisotopic (exact) mass is 292 g/mol. The molecular weight excluding hydrogens is 264 g/mol. The van der Waals surface area contributed by atoms with Crippen molar-refractivity contribution in [1.29, 1.82) is 0 Å². The van der Waals surface area contributed by atoms with Crippen LogP contribution in [0.2, 0.25) is 0 Å². The fourth-order valence-electron chi connectivity index (χ4n) is 3.08. The Bertz CT molecular complexity index is 461. The molecule has 0 spiro atoms. The molecule has 1 saturated heterocycles. The summed E-state index contributed by atoms with van der Waals surface area (Å²) in [5, 5.41) is 10.1. The Morgan fingerprint density at radius 3 is 2.86 bits per heavy atom. The number of likely N-dealkylation sites (tertiary alicyclic amines) is 1. The molecule has 1 aromatic rings. The van der Waals surface area contributed by atoms with Crippen LogP contribution in [0.1, 0.15) is 37.2 Å².